The smallest absolute Gasteiger partial charge is 0.252 e. The van der Waals surface area contributed by atoms with E-state index in [1.165, 1.54) is 15.6 Å². The molecule has 1 fully saturated rings. The number of piperazine rings is 1. The lowest BCUT2D eigenvalue weighted by Crippen LogP contribution is -2.49. The van der Waals surface area contributed by atoms with Gasteiger partial charge in [0.1, 0.15) is 9.90 Å². The Balaban J connectivity index is 1.51. The van der Waals surface area contributed by atoms with Crippen LogP contribution in [0.4, 0.5) is 5.95 Å². The Hall–Kier alpha value is -2.30. The van der Waals surface area contributed by atoms with Crippen LogP contribution in [0.1, 0.15) is 11.3 Å². The maximum Gasteiger partial charge on any atom is 0.252 e. The molecular weight excluding hydrogens is 384 g/mol. The standard InChI is InChI=1S/C17H20N6O2S2/c1-12-13(2)20-21-16(12)14-4-5-15(26-14)27(24,25)23-10-8-22(9-11-23)17-18-6-3-7-19-17/h3-7H,8-11H2,1-2H3,(H,20,21). The second-order valence-electron chi connectivity index (χ2n) is 6.38. The van der Waals surface area contributed by atoms with E-state index in [2.05, 4.69) is 20.2 Å². The number of aromatic nitrogens is 4. The van der Waals surface area contributed by atoms with Gasteiger partial charge in [0.25, 0.3) is 10.0 Å². The predicted octanol–water partition coefficient (Wildman–Crippen LogP) is 2.06. The number of nitrogens with zero attached hydrogens (tertiary/aromatic N) is 5. The molecule has 0 aromatic carbocycles. The molecule has 4 rings (SSSR count). The molecule has 142 valence electrons. The van der Waals surface area contributed by atoms with Gasteiger partial charge in [-0.1, -0.05) is 0 Å². The number of nitrogens with one attached hydrogen (secondary N) is 1. The number of aryl methyl sites for hydroxylation is 1. The molecule has 0 aliphatic carbocycles. The van der Waals surface area contributed by atoms with Crippen molar-refractivity contribution in [1.29, 1.82) is 0 Å². The van der Waals surface area contributed by atoms with E-state index in [9.17, 15) is 8.42 Å². The fourth-order valence-corrected chi connectivity index (χ4v) is 5.95. The average Bonchev–Trinajstić information content (AvgIpc) is 3.31. The quantitative estimate of drug-likeness (QED) is 0.715. The van der Waals surface area contributed by atoms with Crippen molar-refractivity contribution in [3.8, 4) is 10.6 Å². The third-order valence-electron chi connectivity index (χ3n) is 4.74. The van der Waals surface area contributed by atoms with Gasteiger partial charge in [0.15, 0.2) is 0 Å². The molecule has 0 bridgehead atoms. The minimum absolute atomic E-state index is 0.349. The number of H-pyrrole nitrogens is 1. The zero-order valence-corrected chi connectivity index (χ0v) is 16.7. The number of anilines is 1. The summed E-state index contributed by atoms with van der Waals surface area (Å²) in [5.41, 5.74) is 2.84. The highest BCUT2D eigenvalue weighted by Crippen LogP contribution is 2.33. The number of hydrogen-bond acceptors (Lipinski definition) is 7. The van der Waals surface area contributed by atoms with Gasteiger partial charge in [-0.3, -0.25) is 5.10 Å². The summed E-state index contributed by atoms with van der Waals surface area (Å²) in [5.74, 6) is 0.636. The summed E-state index contributed by atoms with van der Waals surface area (Å²) in [5, 5.41) is 7.24. The molecular formula is C17H20N6O2S2. The molecule has 1 aliphatic rings. The Morgan fingerprint density at radius 2 is 1.78 bits per heavy atom. The summed E-state index contributed by atoms with van der Waals surface area (Å²) in [7, 11) is -3.51. The highest BCUT2D eigenvalue weighted by atomic mass is 32.2. The van der Waals surface area contributed by atoms with Crippen LogP contribution in [-0.4, -0.2) is 59.1 Å². The van der Waals surface area contributed by atoms with Crippen molar-refractivity contribution in [2.75, 3.05) is 31.1 Å². The third kappa shape index (κ3) is 3.35. The first-order valence-corrected chi connectivity index (χ1v) is 10.9. The fraction of sp³-hybridized carbons (Fsp3) is 0.353. The van der Waals surface area contributed by atoms with E-state index in [0.717, 1.165) is 21.8 Å². The Morgan fingerprint density at radius 3 is 2.41 bits per heavy atom. The van der Waals surface area contributed by atoms with Crippen molar-refractivity contribution in [3.05, 3.63) is 41.9 Å². The lowest BCUT2D eigenvalue weighted by Gasteiger charge is -2.33. The SMILES string of the molecule is Cc1[nH]nc(-c2ccc(S(=O)(=O)N3CCN(c4ncccn4)CC3)s2)c1C. The second-order valence-corrected chi connectivity index (χ2v) is 9.63. The van der Waals surface area contributed by atoms with Crippen LogP contribution in [0.15, 0.2) is 34.8 Å². The first-order valence-electron chi connectivity index (χ1n) is 8.60. The van der Waals surface area contributed by atoms with Gasteiger partial charge >= 0.3 is 0 Å². The van der Waals surface area contributed by atoms with E-state index < -0.39 is 10.0 Å². The minimum atomic E-state index is -3.51. The highest BCUT2D eigenvalue weighted by molar-refractivity contribution is 7.91. The van der Waals surface area contributed by atoms with Crippen molar-refractivity contribution in [2.45, 2.75) is 18.1 Å². The van der Waals surface area contributed by atoms with E-state index in [1.807, 2.05) is 24.8 Å². The van der Waals surface area contributed by atoms with Crippen molar-refractivity contribution < 1.29 is 8.42 Å². The molecule has 3 aromatic heterocycles. The molecule has 8 nitrogen and oxygen atoms in total. The molecule has 0 unspecified atom stereocenters. The van der Waals surface area contributed by atoms with E-state index >= 15 is 0 Å². The van der Waals surface area contributed by atoms with Crippen LogP contribution < -0.4 is 4.90 Å². The molecule has 0 atom stereocenters. The lowest BCUT2D eigenvalue weighted by atomic mass is 10.2. The van der Waals surface area contributed by atoms with Gasteiger partial charge in [-0.25, -0.2) is 18.4 Å². The van der Waals surface area contributed by atoms with Gasteiger partial charge in [-0.2, -0.15) is 9.40 Å². The Morgan fingerprint density at radius 1 is 1.07 bits per heavy atom. The topological polar surface area (TPSA) is 95.1 Å². The van der Waals surface area contributed by atoms with E-state index in [-0.39, 0.29) is 0 Å². The summed E-state index contributed by atoms with van der Waals surface area (Å²) < 4.78 is 27.9. The molecule has 0 spiro atoms. The van der Waals surface area contributed by atoms with Crippen molar-refractivity contribution in [2.24, 2.45) is 0 Å². The van der Waals surface area contributed by atoms with Crippen molar-refractivity contribution >= 4 is 27.3 Å². The summed E-state index contributed by atoms with van der Waals surface area (Å²) in [6.45, 7) is 5.89. The summed E-state index contributed by atoms with van der Waals surface area (Å²) >= 11 is 1.26. The maximum atomic E-state index is 13.0. The predicted molar refractivity (Wildman–Crippen MR) is 104 cm³/mol. The second kappa shape index (κ2) is 7.02. The largest absolute Gasteiger partial charge is 0.338 e. The molecule has 0 radical (unpaired) electrons. The number of hydrogen-bond donors (Lipinski definition) is 1. The molecule has 27 heavy (non-hydrogen) atoms. The van der Waals surface area contributed by atoms with Crippen molar-refractivity contribution in [3.63, 3.8) is 0 Å². The number of aromatic amines is 1. The molecule has 0 saturated carbocycles. The normalized spacial score (nSPS) is 16.0. The van der Waals surface area contributed by atoms with Crippen molar-refractivity contribution in [1.82, 2.24) is 24.5 Å². The Labute approximate surface area is 161 Å². The van der Waals surface area contributed by atoms with Gasteiger partial charge in [-0.05, 0) is 37.6 Å². The minimum Gasteiger partial charge on any atom is -0.338 e. The monoisotopic (exact) mass is 404 g/mol. The molecule has 10 heteroatoms. The highest BCUT2D eigenvalue weighted by Gasteiger charge is 2.30. The van der Waals surface area contributed by atoms with Crippen LogP contribution in [-0.2, 0) is 10.0 Å². The van der Waals surface area contributed by atoms with Crippen LogP contribution >= 0.6 is 11.3 Å². The first kappa shape index (κ1) is 18.1. The molecule has 1 N–H and O–H groups in total. The van der Waals surface area contributed by atoms with Crippen LogP contribution in [0, 0.1) is 13.8 Å². The third-order valence-corrected chi connectivity index (χ3v) is 8.19. The van der Waals surface area contributed by atoms with Crippen LogP contribution in [0.3, 0.4) is 0 Å². The summed E-state index contributed by atoms with van der Waals surface area (Å²) in [6.07, 6.45) is 3.38. The number of sulfonamides is 1. The summed E-state index contributed by atoms with van der Waals surface area (Å²) in [6, 6.07) is 5.26. The van der Waals surface area contributed by atoms with Gasteiger partial charge in [0, 0.05) is 44.3 Å². The lowest BCUT2D eigenvalue weighted by molar-refractivity contribution is 0.383. The molecule has 4 heterocycles. The first-order chi connectivity index (χ1) is 13.0. The number of rotatable bonds is 4. The molecule has 3 aromatic rings. The van der Waals surface area contributed by atoms with Crippen LogP contribution in [0.25, 0.3) is 10.6 Å². The van der Waals surface area contributed by atoms with Crippen LogP contribution in [0.2, 0.25) is 0 Å². The van der Waals surface area contributed by atoms with Gasteiger partial charge in [0.05, 0.1) is 4.88 Å². The number of thiophene rings is 1. The fourth-order valence-electron chi connectivity index (χ4n) is 3.02. The van der Waals surface area contributed by atoms with E-state index in [1.54, 1.807) is 24.5 Å². The van der Waals surface area contributed by atoms with Crippen LogP contribution in [0.5, 0.6) is 0 Å². The molecule has 0 amide bonds. The summed E-state index contributed by atoms with van der Waals surface area (Å²) in [4.78, 5) is 11.3. The van der Waals surface area contributed by atoms with E-state index in [0.29, 0.717) is 36.3 Å². The maximum absolute atomic E-state index is 13.0. The van der Waals surface area contributed by atoms with E-state index in [4.69, 9.17) is 0 Å². The van der Waals surface area contributed by atoms with Gasteiger partial charge < -0.3 is 4.90 Å². The molecule has 1 saturated heterocycles. The van der Waals surface area contributed by atoms with Gasteiger partial charge in [0.2, 0.25) is 5.95 Å². The zero-order chi connectivity index (χ0) is 19.0. The Kier molecular flexibility index (Phi) is 4.70. The van der Waals surface area contributed by atoms with Gasteiger partial charge in [-0.15, -0.1) is 11.3 Å². The average molecular weight is 405 g/mol. The molecule has 1 aliphatic heterocycles. The zero-order valence-electron chi connectivity index (χ0n) is 15.1. The Bertz CT molecular complexity index is 1040.